The SMILES string of the molecule is CCCCCCCC(=O)CCCCCC/C=C/C(C(=O)NC(Cc1ccc(-c2ccncn2)cc1)C(=O)O)C(O)(CC(=O)O)C(=O)O. The lowest BCUT2D eigenvalue weighted by molar-refractivity contribution is -0.172. The predicted octanol–water partition coefficient (Wildman–Crippen LogP) is 4.99. The van der Waals surface area contributed by atoms with Crippen LogP contribution in [0.4, 0.5) is 0 Å². The van der Waals surface area contributed by atoms with Gasteiger partial charge >= 0.3 is 17.9 Å². The third kappa shape index (κ3) is 13.8. The number of hydrogen-bond donors (Lipinski definition) is 5. The minimum atomic E-state index is -3.02. The standard InChI is InChI=1S/C35H47N3O9/c1-2-3-4-7-10-13-27(39)14-11-8-5-6-9-12-15-28(35(47,34(45)46)23-31(40)41)32(42)38-30(33(43)44)22-25-16-18-26(19-17-25)29-20-21-36-24-37-29/h12,15-21,24,28,30,47H,2-11,13-14,22-23H2,1H3,(H,38,42)(H,40,41)(H,43,44)(H,45,46)/b15-12+. The van der Waals surface area contributed by atoms with Crippen molar-refractivity contribution in [2.45, 2.75) is 108 Å². The van der Waals surface area contributed by atoms with Gasteiger partial charge in [0.2, 0.25) is 5.91 Å². The quantitative estimate of drug-likeness (QED) is 0.0754. The summed E-state index contributed by atoms with van der Waals surface area (Å²) < 4.78 is 0. The van der Waals surface area contributed by atoms with Crippen LogP contribution in [0, 0.1) is 5.92 Å². The number of carboxylic acids is 3. The largest absolute Gasteiger partial charge is 0.481 e. The van der Waals surface area contributed by atoms with E-state index in [1.165, 1.54) is 18.8 Å². The van der Waals surface area contributed by atoms with Crippen molar-refractivity contribution in [2.75, 3.05) is 0 Å². The van der Waals surface area contributed by atoms with Gasteiger partial charge in [-0.25, -0.2) is 19.6 Å². The summed E-state index contributed by atoms with van der Waals surface area (Å²) in [5.74, 6) is -7.71. The van der Waals surface area contributed by atoms with E-state index in [0.717, 1.165) is 56.6 Å². The van der Waals surface area contributed by atoms with Gasteiger partial charge in [0.05, 0.1) is 18.0 Å². The fraction of sp³-hybridized carbons (Fsp3) is 0.514. The molecule has 12 nitrogen and oxygen atoms in total. The van der Waals surface area contributed by atoms with Gasteiger partial charge in [-0.3, -0.25) is 14.4 Å². The monoisotopic (exact) mass is 653 g/mol. The number of allylic oxidation sites excluding steroid dienone is 1. The van der Waals surface area contributed by atoms with Crippen molar-refractivity contribution >= 4 is 29.6 Å². The number of carbonyl (C=O) groups is 5. The first-order chi connectivity index (χ1) is 22.5. The van der Waals surface area contributed by atoms with E-state index in [-0.39, 0.29) is 12.2 Å². The molecule has 0 saturated heterocycles. The highest BCUT2D eigenvalue weighted by Crippen LogP contribution is 2.26. The highest BCUT2D eigenvalue weighted by Gasteiger charge is 2.49. The number of aliphatic carboxylic acids is 3. The normalized spacial score (nSPS) is 13.8. The molecule has 3 atom stereocenters. The van der Waals surface area contributed by atoms with Crippen LogP contribution in [0.15, 0.2) is 55.0 Å². The molecule has 3 unspecified atom stereocenters. The van der Waals surface area contributed by atoms with Gasteiger partial charge in [-0.05, 0) is 37.3 Å². The number of carboxylic acid groups (broad SMARTS) is 3. The highest BCUT2D eigenvalue weighted by atomic mass is 16.4. The third-order valence-corrected chi connectivity index (χ3v) is 7.94. The maximum atomic E-state index is 13.3. The summed E-state index contributed by atoms with van der Waals surface area (Å²) in [6.45, 7) is 2.15. The Morgan fingerprint density at radius 1 is 0.872 bits per heavy atom. The number of ketones is 1. The van der Waals surface area contributed by atoms with Crippen LogP contribution in [0.2, 0.25) is 0 Å². The van der Waals surface area contributed by atoms with Crippen LogP contribution in [-0.2, 0) is 30.4 Å². The molecule has 0 fully saturated rings. The van der Waals surface area contributed by atoms with Gasteiger partial charge in [-0.2, -0.15) is 0 Å². The Morgan fingerprint density at radius 3 is 2.06 bits per heavy atom. The second-order valence-electron chi connectivity index (χ2n) is 11.8. The molecule has 0 bridgehead atoms. The zero-order chi connectivity index (χ0) is 34.7. The van der Waals surface area contributed by atoms with Crippen LogP contribution < -0.4 is 5.32 Å². The molecule has 1 aromatic carbocycles. The lowest BCUT2D eigenvalue weighted by Gasteiger charge is -2.29. The molecular formula is C35H47N3O9. The summed E-state index contributed by atoms with van der Waals surface area (Å²) in [4.78, 5) is 69.0. The third-order valence-electron chi connectivity index (χ3n) is 7.94. The average molecular weight is 654 g/mol. The Balaban J connectivity index is 2.01. The second-order valence-corrected chi connectivity index (χ2v) is 11.8. The van der Waals surface area contributed by atoms with Gasteiger partial charge in [-0.1, -0.05) is 81.9 Å². The van der Waals surface area contributed by atoms with Gasteiger partial charge in [-0.15, -0.1) is 0 Å². The smallest absolute Gasteiger partial charge is 0.337 e. The van der Waals surface area contributed by atoms with E-state index in [1.807, 2.05) is 0 Å². The van der Waals surface area contributed by atoms with E-state index in [1.54, 1.807) is 36.5 Å². The van der Waals surface area contributed by atoms with Crippen LogP contribution >= 0.6 is 0 Å². The van der Waals surface area contributed by atoms with Crippen LogP contribution in [0.5, 0.6) is 0 Å². The number of Topliss-reactive ketones (excluding diaryl/α,β-unsaturated/α-hetero) is 1. The zero-order valence-corrected chi connectivity index (χ0v) is 27.0. The first-order valence-electron chi connectivity index (χ1n) is 16.2. The number of amides is 1. The zero-order valence-electron chi connectivity index (χ0n) is 27.0. The van der Waals surface area contributed by atoms with Gasteiger partial charge in [0.15, 0.2) is 5.60 Å². The summed E-state index contributed by atoms with van der Waals surface area (Å²) in [5, 5.41) is 42.1. The van der Waals surface area contributed by atoms with Gasteiger partial charge < -0.3 is 25.7 Å². The molecule has 47 heavy (non-hydrogen) atoms. The van der Waals surface area contributed by atoms with Crippen molar-refractivity contribution in [1.82, 2.24) is 15.3 Å². The first kappa shape index (κ1) is 38.7. The maximum absolute atomic E-state index is 13.3. The fourth-order valence-electron chi connectivity index (χ4n) is 5.20. The summed E-state index contributed by atoms with van der Waals surface area (Å²) >= 11 is 0. The van der Waals surface area contributed by atoms with Gasteiger partial charge in [0, 0.05) is 31.0 Å². The number of nitrogens with zero attached hydrogens (tertiary/aromatic N) is 2. The number of hydrogen-bond acceptors (Lipinski definition) is 8. The Hall–Kier alpha value is -4.45. The lowest BCUT2D eigenvalue weighted by atomic mass is 9.82. The fourth-order valence-corrected chi connectivity index (χ4v) is 5.20. The molecule has 2 rings (SSSR count). The minimum absolute atomic E-state index is 0.159. The van der Waals surface area contributed by atoms with Gasteiger partial charge in [0.1, 0.15) is 18.2 Å². The minimum Gasteiger partial charge on any atom is -0.481 e. The van der Waals surface area contributed by atoms with E-state index in [4.69, 9.17) is 0 Å². The molecule has 256 valence electrons. The van der Waals surface area contributed by atoms with E-state index in [2.05, 4.69) is 22.2 Å². The number of aliphatic hydroxyl groups is 1. The van der Waals surface area contributed by atoms with Crippen molar-refractivity contribution < 1.29 is 44.4 Å². The summed E-state index contributed by atoms with van der Waals surface area (Å²) in [6.07, 6.45) is 14.2. The average Bonchev–Trinajstić information content (AvgIpc) is 3.03. The van der Waals surface area contributed by atoms with E-state index in [0.29, 0.717) is 36.9 Å². The van der Waals surface area contributed by atoms with Crippen molar-refractivity contribution in [2.24, 2.45) is 5.92 Å². The van der Waals surface area contributed by atoms with Crippen molar-refractivity contribution in [3.05, 3.63) is 60.6 Å². The van der Waals surface area contributed by atoms with Crippen molar-refractivity contribution in [3.63, 3.8) is 0 Å². The van der Waals surface area contributed by atoms with Crippen LogP contribution in [0.25, 0.3) is 11.3 Å². The number of rotatable bonds is 24. The topological polar surface area (TPSA) is 204 Å². The number of benzene rings is 1. The van der Waals surface area contributed by atoms with Crippen LogP contribution in [-0.4, -0.2) is 71.6 Å². The molecule has 2 aromatic rings. The Labute approximate surface area is 275 Å². The van der Waals surface area contributed by atoms with Crippen molar-refractivity contribution in [3.8, 4) is 11.3 Å². The Bertz CT molecular complexity index is 1330. The number of aromatic nitrogens is 2. The molecule has 5 N–H and O–H groups in total. The predicted molar refractivity (Wildman–Crippen MR) is 174 cm³/mol. The Morgan fingerprint density at radius 2 is 1.51 bits per heavy atom. The van der Waals surface area contributed by atoms with Gasteiger partial charge in [0.25, 0.3) is 0 Å². The number of nitrogens with one attached hydrogen (secondary N) is 1. The molecule has 0 aliphatic rings. The molecular weight excluding hydrogens is 606 g/mol. The molecule has 1 heterocycles. The molecule has 12 heteroatoms. The summed E-state index contributed by atoms with van der Waals surface area (Å²) in [7, 11) is 0. The van der Waals surface area contributed by atoms with E-state index < -0.39 is 47.8 Å². The first-order valence-corrected chi connectivity index (χ1v) is 16.2. The van der Waals surface area contributed by atoms with E-state index >= 15 is 0 Å². The summed E-state index contributed by atoms with van der Waals surface area (Å²) in [5.41, 5.74) is -1.05. The molecule has 0 aliphatic carbocycles. The van der Waals surface area contributed by atoms with Crippen LogP contribution in [0.3, 0.4) is 0 Å². The maximum Gasteiger partial charge on any atom is 0.337 e. The number of unbranched alkanes of at least 4 members (excludes halogenated alkanes) is 8. The second kappa shape index (κ2) is 20.6. The molecule has 1 aromatic heterocycles. The molecule has 0 radical (unpaired) electrons. The van der Waals surface area contributed by atoms with Crippen molar-refractivity contribution in [1.29, 1.82) is 0 Å². The molecule has 0 spiro atoms. The Kier molecular flexibility index (Phi) is 17.0. The summed E-state index contributed by atoms with van der Waals surface area (Å²) in [6, 6.07) is 7.01. The lowest BCUT2D eigenvalue weighted by Crippen LogP contribution is -2.55. The highest BCUT2D eigenvalue weighted by molar-refractivity contribution is 5.94. The molecule has 0 saturated carbocycles. The molecule has 0 aliphatic heterocycles. The molecule has 1 amide bonds. The van der Waals surface area contributed by atoms with E-state index in [9.17, 15) is 44.4 Å². The van der Waals surface area contributed by atoms with Crippen LogP contribution in [0.1, 0.15) is 96.0 Å². The number of carbonyl (C=O) groups excluding carboxylic acids is 2.